The minimum atomic E-state index is -1.05. The molecule has 1 saturated heterocycles. The second-order valence-corrected chi connectivity index (χ2v) is 5.00. The van der Waals surface area contributed by atoms with Crippen LogP contribution in [0.1, 0.15) is 33.6 Å². The van der Waals surface area contributed by atoms with Crippen LogP contribution < -0.4 is 0 Å². The number of carboxylic acids is 1. The highest BCUT2D eigenvalue weighted by molar-refractivity contribution is 5.81. The van der Waals surface area contributed by atoms with Crippen LogP contribution in [-0.4, -0.2) is 39.8 Å². The topological polar surface area (TPSA) is 66.8 Å². The van der Waals surface area contributed by atoms with Gasteiger partial charge < -0.3 is 9.84 Å². The summed E-state index contributed by atoms with van der Waals surface area (Å²) in [5.74, 6) is 1.38. The van der Waals surface area contributed by atoms with Crippen LogP contribution in [0.2, 0.25) is 0 Å². The number of ether oxygens (including phenoxy) is 1. The molecule has 1 amide bonds. The second-order valence-electron chi connectivity index (χ2n) is 5.00. The number of rotatable bonds is 1. The van der Waals surface area contributed by atoms with Crippen LogP contribution in [0.15, 0.2) is 0 Å². The number of hydrogen-bond acceptors (Lipinski definition) is 3. The lowest BCUT2D eigenvalue weighted by atomic mass is 10.2. The summed E-state index contributed by atoms with van der Waals surface area (Å²) in [6.07, 6.45) is 5.49. The molecule has 1 aliphatic heterocycles. The molecule has 2 atom stereocenters. The summed E-state index contributed by atoms with van der Waals surface area (Å²) < 4.78 is 5.16. The predicted octanol–water partition coefficient (Wildman–Crippen LogP) is 1.47. The number of amides is 1. The molecule has 1 fully saturated rings. The number of carbonyl (C=O) groups is 2. The monoisotopic (exact) mass is 239 g/mol. The van der Waals surface area contributed by atoms with Gasteiger partial charge in [-0.05, 0) is 33.6 Å². The van der Waals surface area contributed by atoms with Gasteiger partial charge in [-0.1, -0.05) is 5.92 Å². The Morgan fingerprint density at radius 3 is 2.41 bits per heavy atom. The highest BCUT2D eigenvalue weighted by atomic mass is 16.6. The third kappa shape index (κ3) is 3.13. The first-order valence-electron chi connectivity index (χ1n) is 5.46. The average Bonchev–Trinajstić information content (AvgIpc) is 2.57. The zero-order valence-electron chi connectivity index (χ0n) is 10.3. The number of nitrogens with zero attached hydrogens (tertiary/aromatic N) is 1. The molecule has 1 heterocycles. The van der Waals surface area contributed by atoms with Gasteiger partial charge in [0, 0.05) is 0 Å². The molecule has 5 nitrogen and oxygen atoms in total. The van der Waals surface area contributed by atoms with E-state index in [1.807, 2.05) is 0 Å². The Labute approximate surface area is 101 Å². The average molecular weight is 239 g/mol. The largest absolute Gasteiger partial charge is 0.480 e. The van der Waals surface area contributed by atoms with Crippen molar-refractivity contribution in [3.05, 3.63) is 0 Å². The number of aliphatic carboxylic acids is 1. The highest BCUT2D eigenvalue weighted by Gasteiger charge is 2.42. The van der Waals surface area contributed by atoms with Gasteiger partial charge in [0.05, 0.1) is 6.04 Å². The van der Waals surface area contributed by atoms with Crippen molar-refractivity contribution in [3.8, 4) is 12.3 Å². The molecule has 94 valence electrons. The van der Waals surface area contributed by atoms with Gasteiger partial charge >= 0.3 is 12.1 Å². The van der Waals surface area contributed by atoms with E-state index in [0.29, 0.717) is 12.8 Å². The van der Waals surface area contributed by atoms with Gasteiger partial charge in [-0.2, -0.15) is 0 Å². The lowest BCUT2D eigenvalue weighted by Gasteiger charge is -2.29. The van der Waals surface area contributed by atoms with Crippen molar-refractivity contribution in [1.82, 2.24) is 4.90 Å². The maximum absolute atomic E-state index is 11.9. The van der Waals surface area contributed by atoms with E-state index in [2.05, 4.69) is 5.92 Å². The van der Waals surface area contributed by atoms with Crippen molar-refractivity contribution in [2.75, 3.05) is 0 Å². The number of likely N-dealkylation sites (tertiary alicyclic amines) is 1. The molecule has 0 aromatic carbocycles. The smallest absolute Gasteiger partial charge is 0.412 e. The Balaban J connectivity index is 2.86. The van der Waals surface area contributed by atoms with E-state index in [-0.39, 0.29) is 0 Å². The maximum Gasteiger partial charge on any atom is 0.412 e. The summed E-state index contributed by atoms with van der Waals surface area (Å²) in [5.41, 5.74) is -0.665. The SMILES string of the molecule is C#C[C@@H]1CCC(C(=O)O)N1C(=O)OC(C)(C)C. The summed E-state index contributed by atoms with van der Waals surface area (Å²) in [6, 6.07) is -1.38. The number of terminal acetylenes is 1. The molecule has 1 rings (SSSR count). The Morgan fingerprint density at radius 2 is 2.00 bits per heavy atom. The van der Waals surface area contributed by atoms with Crippen molar-refractivity contribution in [3.63, 3.8) is 0 Å². The van der Waals surface area contributed by atoms with Crippen molar-refractivity contribution in [1.29, 1.82) is 0 Å². The summed E-state index contributed by atoms with van der Waals surface area (Å²) in [6.45, 7) is 5.17. The summed E-state index contributed by atoms with van der Waals surface area (Å²) in [5, 5.41) is 9.03. The molecule has 0 bridgehead atoms. The standard InChI is InChI=1S/C12H17NO4/c1-5-8-6-7-9(10(14)15)13(8)11(16)17-12(2,3)4/h1,8-9H,6-7H2,2-4H3,(H,14,15)/t8-,9?/m1/s1. The Kier molecular flexibility index (Phi) is 3.66. The fraction of sp³-hybridized carbons (Fsp3) is 0.667. The van der Waals surface area contributed by atoms with Crippen LogP contribution in [-0.2, 0) is 9.53 Å². The molecule has 1 N–H and O–H groups in total. The second kappa shape index (κ2) is 4.66. The van der Waals surface area contributed by atoms with Crippen molar-refractivity contribution >= 4 is 12.1 Å². The summed E-state index contributed by atoms with van der Waals surface area (Å²) >= 11 is 0. The number of carbonyl (C=O) groups excluding carboxylic acids is 1. The first-order chi connectivity index (χ1) is 7.76. The molecular weight excluding hydrogens is 222 g/mol. The van der Waals surface area contributed by atoms with Crippen LogP contribution >= 0.6 is 0 Å². The fourth-order valence-corrected chi connectivity index (χ4v) is 1.79. The molecular formula is C12H17NO4. The van der Waals surface area contributed by atoms with Crippen molar-refractivity contribution in [2.45, 2.75) is 51.3 Å². The first kappa shape index (κ1) is 13.4. The summed E-state index contributed by atoms with van der Waals surface area (Å²) in [4.78, 5) is 24.1. The molecule has 17 heavy (non-hydrogen) atoms. The minimum absolute atomic E-state index is 0.365. The molecule has 0 aromatic rings. The van der Waals surface area contributed by atoms with Gasteiger partial charge in [-0.15, -0.1) is 6.42 Å². The molecule has 0 radical (unpaired) electrons. The van der Waals surface area contributed by atoms with Crippen LogP contribution in [0.25, 0.3) is 0 Å². The third-order valence-corrected chi connectivity index (χ3v) is 2.47. The van der Waals surface area contributed by atoms with Gasteiger partial charge in [-0.3, -0.25) is 4.90 Å². The van der Waals surface area contributed by atoms with E-state index in [4.69, 9.17) is 16.3 Å². The zero-order valence-corrected chi connectivity index (χ0v) is 10.3. The predicted molar refractivity (Wildman–Crippen MR) is 61.4 cm³/mol. The van der Waals surface area contributed by atoms with Gasteiger partial charge in [0.15, 0.2) is 0 Å². The third-order valence-electron chi connectivity index (χ3n) is 2.47. The van der Waals surface area contributed by atoms with Crippen molar-refractivity contribution in [2.24, 2.45) is 0 Å². The number of hydrogen-bond donors (Lipinski definition) is 1. The van der Waals surface area contributed by atoms with Crippen molar-refractivity contribution < 1.29 is 19.4 Å². The Morgan fingerprint density at radius 1 is 1.41 bits per heavy atom. The molecule has 0 aromatic heterocycles. The zero-order chi connectivity index (χ0) is 13.2. The minimum Gasteiger partial charge on any atom is -0.480 e. The Hall–Kier alpha value is -1.70. The first-order valence-corrected chi connectivity index (χ1v) is 5.46. The lowest BCUT2D eigenvalue weighted by Crippen LogP contribution is -2.46. The van der Waals surface area contributed by atoms with Crippen LogP contribution in [0, 0.1) is 12.3 Å². The van der Waals surface area contributed by atoms with E-state index in [1.54, 1.807) is 20.8 Å². The fourth-order valence-electron chi connectivity index (χ4n) is 1.79. The Bertz CT molecular complexity index is 364. The van der Waals surface area contributed by atoms with E-state index < -0.39 is 29.7 Å². The molecule has 1 unspecified atom stereocenters. The maximum atomic E-state index is 11.9. The van der Waals surface area contributed by atoms with E-state index in [0.717, 1.165) is 4.90 Å². The lowest BCUT2D eigenvalue weighted by molar-refractivity contribution is -0.142. The van der Waals surface area contributed by atoms with Crippen LogP contribution in [0.3, 0.4) is 0 Å². The van der Waals surface area contributed by atoms with Gasteiger partial charge in [0.1, 0.15) is 11.6 Å². The van der Waals surface area contributed by atoms with E-state index >= 15 is 0 Å². The van der Waals surface area contributed by atoms with Gasteiger partial charge in [-0.25, -0.2) is 9.59 Å². The van der Waals surface area contributed by atoms with E-state index in [1.165, 1.54) is 0 Å². The van der Waals surface area contributed by atoms with Gasteiger partial charge in [0.2, 0.25) is 0 Å². The quantitative estimate of drug-likeness (QED) is 0.704. The normalized spacial score (nSPS) is 24.2. The van der Waals surface area contributed by atoms with E-state index in [9.17, 15) is 9.59 Å². The van der Waals surface area contributed by atoms with Gasteiger partial charge in [0.25, 0.3) is 0 Å². The molecule has 5 heteroatoms. The molecule has 0 aliphatic carbocycles. The number of carboxylic acid groups (broad SMARTS) is 1. The van der Waals surface area contributed by atoms with Crippen LogP contribution in [0.4, 0.5) is 4.79 Å². The highest BCUT2D eigenvalue weighted by Crippen LogP contribution is 2.26. The molecule has 1 aliphatic rings. The molecule has 0 spiro atoms. The summed E-state index contributed by atoms with van der Waals surface area (Å²) in [7, 11) is 0. The van der Waals surface area contributed by atoms with Crippen LogP contribution in [0.5, 0.6) is 0 Å². The molecule has 0 saturated carbocycles.